The molecule has 0 radical (unpaired) electrons. The van der Waals surface area contributed by atoms with Crippen LogP contribution in [0.2, 0.25) is 5.02 Å². The van der Waals surface area contributed by atoms with Gasteiger partial charge >= 0.3 is 5.78 Å². The Labute approximate surface area is 229 Å². The third-order valence-corrected chi connectivity index (χ3v) is 7.66. The minimum absolute atomic E-state index is 0.213. The molecule has 3 N–H and O–H groups in total. The van der Waals surface area contributed by atoms with Gasteiger partial charge < -0.3 is 10.2 Å². The maximum Gasteiger partial charge on any atom is 0.354 e. The van der Waals surface area contributed by atoms with Gasteiger partial charge in [-0.05, 0) is 91.0 Å². The molecule has 0 saturated carbocycles. The number of para-hydroxylation sites is 1. The van der Waals surface area contributed by atoms with Crippen molar-refractivity contribution in [1.82, 2.24) is 0 Å². The van der Waals surface area contributed by atoms with Gasteiger partial charge in [-0.2, -0.15) is 0 Å². The summed E-state index contributed by atoms with van der Waals surface area (Å²) < 4.78 is 0. The van der Waals surface area contributed by atoms with Crippen LogP contribution in [0.1, 0.15) is 11.1 Å². The SMILES string of the molecule is Oc1ccc(Sc2ccc(Sc3ccc(C(=[OH+])c4ccccc4)cc3Cl)cc2)cc1.Oc1ccccc1. The number of hydrogen-bond donors (Lipinski definition) is 2. The van der Waals surface area contributed by atoms with Gasteiger partial charge in [-0.15, -0.1) is 0 Å². The Morgan fingerprint density at radius 3 is 1.54 bits per heavy atom. The standard InChI is InChI=1S/C25H17ClO2S2.C6H6O/c26-23-16-18(25(28)17-4-2-1-3-5-17)6-15-24(23)30-22-13-11-21(12-14-22)29-20-9-7-19(27)8-10-20;7-6-4-2-1-3-5-6/h1-16,27H;1-5,7H/p+1. The lowest BCUT2D eigenvalue weighted by atomic mass is 10.0. The Hall–Kier alpha value is -3.64. The highest BCUT2D eigenvalue weighted by Gasteiger charge is 2.17. The van der Waals surface area contributed by atoms with Gasteiger partial charge in [0.1, 0.15) is 11.5 Å². The van der Waals surface area contributed by atoms with Crippen molar-refractivity contribution >= 4 is 40.9 Å². The van der Waals surface area contributed by atoms with Gasteiger partial charge in [-0.3, -0.25) is 4.79 Å². The van der Waals surface area contributed by atoms with Gasteiger partial charge in [-0.1, -0.05) is 71.5 Å². The van der Waals surface area contributed by atoms with Gasteiger partial charge in [-0.25, -0.2) is 0 Å². The number of ketones is 1. The van der Waals surface area contributed by atoms with Crippen LogP contribution in [0.5, 0.6) is 11.5 Å². The summed E-state index contributed by atoms with van der Waals surface area (Å²) >= 11 is 9.72. The van der Waals surface area contributed by atoms with E-state index < -0.39 is 0 Å². The minimum Gasteiger partial charge on any atom is -0.508 e. The molecule has 0 heterocycles. The third kappa shape index (κ3) is 7.92. The minimum atomic E-state index is 0.213. The van der Waals surface area contributed by atoms with Gasteiger partial charge in [0, 0.05) is 19.6 Å². The molecule has 0 atom stereocenters. The molecule has 184 valence electrons. The summed E-state index contributed by atoms with van der Waals surface area (Å²) in [5.41, 5.74) is 1.45. The second-order valence-corrected chi connectivity index (χ2v) is 10.5. The molecule has 5 aromatic carbocycles. The first kappa shape index (κ1) is 26.4. The molecule has 0 bridgehead atoms. The lowest BCUT2D eigenvalue weighted by molar-refractivity contribution is 0.474. The largest absolute Gasteiger partial charge is 0.508 e. The van der Waals surface area contributed by atoms with Crippen molar-refractivity contribution in [3.63, 3.8) is 0 Å². The zero-order chi connectivity index (χ0) is 26.0. The number of aromatic hydroxyl groups is 2. The van der Waals surface area contributed by atoms with Crippen molar-refractivity contribution in [2.24, 2.45) is 0 Å². The first-order chi connectivity index (χ1) is 18.0. The number of rotatable bonds is 6. The molecule has 0 spiro atoms. The molecule has 37 heavy (non-hydrogen) atoms. The molecule has 0 aliphatic rings. The van der Waals surface area contributed by atoms with Gasteiger partial charge in [0.2, 0.25) is 0 Å². The number of hydrogen-bond acceptors (Lipinski definition) is 4. The van der Waals surface area contributed by atoms with E-state index in [9.17, 15) is 9.90 Å². The Morgan fingerprint density at radius 1 is 0.541 bits per heavy atom. The summed E-state index contributed by atoms with van der Waals surface area (Å²) in [5, 5.41) is 18.6. The van der Waals surface area contributed by atoms with Gasteiger partial charge in [0.25, 0.3) is 0 Å². The highest BCUT2D eigenvalue weighted by molar-refractivity contribution is 7.99. The number of halogens is 1. The zero-order valence-corrected chi connectivity index (χ0v) is 22.0. The van der Waals surface area contributed by atoms with Crippen molar-refractivity contribution < 1.29 is 15.0 Å². The molecule has 3 nitrogen and oxygen atoms in total. The van der Waals surface area contributed by atoms with Crippen LogP contribution in [-0.2, 0) is 0 Å². The lowest BCUT2D eigenvalue weighted by Crippen LogP contribution is -2.02. The molecule has 0 aliphatic heterocycles. The molecule has 5 rings (SSSR count). The van der Waals surface area contributed by atoms with Crippen molar-refractivity contribution in [3.05, 3.63) is 144 Å². The smallest absolute Gasteiger partial charge is 0.354 e. The predicted molar refractivity (Wildman–Crippen MR) is 154 cm³/mol. The van der Waals surface area contributed by atoms with E-state index in [1.807, 2.05) is 60.7 Å². The Morgan fingerprint density at radius 2 is 1.03 bits per heavy atom. The second-order valence-electron chi connectivity index (χ2n) is 7.86. The normalized spacial score (nSPS) is 10.3. The monoisotopic (exact) mass is 543 g/mol. The Bertz CT molecular complexity index is 1440. The fraction of sp³-hybridized carbons (Fsp3) is 0. The first-order valence-corrected chi connectivity index (χ1v) is 13.4. The molecule has 0 saturated heterocycles. The summed E-state index contributed by atoms with van der Waals surface area (Å²) in [7, 11) is 0. The van der Waals surface area contributed by atoms with E-state index in [1.54, 1.807) is 66.0 Å². The predicted octanol–water partition coefficient (Wildman–Crippen LogP) is 8.68. The van der Waals surface area contributed by atoms with Crippen LogP contribution in [0.4, 0.5) is 0 Å². The number of benzene rings is 5. The molecule has 0 fully saturated rings. The first-order valence-electron chi connectivity index (χ1n) is 11.4. The summed E-state index contributed by atoms with van der Waals surface area (Å²) in [6, 6.07) is 39.2. The van der Waals surface area contributed by atoms with Crippen LogP contribution in [0.15, 0.2) is 147 Å². The van der Waals surface area contributed by atoms with E-state index in [-0.39, 0.29) is 11.5 Å². The number of phenolic OH excluding ortho intramolecular Hbond substituents is 2. The van der Waals surface area contributed by atoms with Crippen LogP contribution in [-0.4, -0.2) is 20.8 Å². The fourth-order valence-corrected chi connectivity index (χ4v) is 5.21. The summed E-state index contributed by atoms with van der Waals surface area (Å²) in [6.07, 6.45) is 0. The van der Waals surface area contributed by atoms with E-state index in [1.165, 1.54) is 0 Å². The zero-order valence-electron chi connectivity index (χ0n) is 19.7. The summed E-state index contributed by atoms with van der Waals surface area (Å²) in [4.78, 5) is 14.7. The quantitative estimate of drug-likeness (QED) is 0.166. The van der Waals surface area contributed by atoms with E-state index >= 15 is 0 Å². The van der Waals surface area contributed by atoms with Crippen molar-refractivity contribution in [1.29, 1.82) is 0 Å². The van der Waals surface area contributed by atoms with Crippen LogP contribution in [0.3, 0.4) is 0 Å². The third-order valence-electron chi connectivity index (χ3n) is 5.13. The molecule has 0 aromatic heterocycles. The summed E-state index contributed by atoms with van der Waals surface area (Å²) in [6.45, 7) is 0. The van der Waals surface area contributed by atoms with Crippen LogP contribution in [0.25, 0.3) is 0 Å². The van der Waals surface area contributed by atoms with E-state index in [4.69, 9.17) is 16.7 Å². The number of carbonyl (C=O) groups excluding carboxylic acids is 1. The van der Waals surface area contributed by atoms with Crippen LogP contribution < -0.4 is 0 Å². The van der Waals surface area contributed by atoms with Crippen LogP contribution in [0, 0.1) is 0 Å². The Balaban J connectivity index is 0.000000396. The van der Waals surface area contributed by atoms with Gasteiger partial charge in [0.15, 0.2) is 0 Å². The molecule has 6 heteroatoms. The lowest BCUT2D eigenvalue weighted by Gasteiger charge is -2.07. The maximum atomic E-state index is 10.5. The van der Waals surface area contributed by atoms with Crippen molar-refractivity contribution in [2.45, 2.75) is 19.6 Å². The molecular weight excluding hydrogens is 520 g/mol. The molecule has 5 aromatic rings. The molecule has 0 unspecified atom stereocenters. The van der Waals surface area contributed by atoms with Crippen molar-refractivity contribution in [3.8, 4) is 11.5 Å². The maximum absolute atomic E-state index is 10.5. The van der Waals surface area contributed by atoms with Crippen molar-refractivity contribution in [2.75, 3.05) is 0 Å². The van der Waals surface area contributed by atoms with Gasteiger partial charge in [0.05, 0.1) is 16.1 Å². The van der Waals surface area contributed by atoms with E-state index in [0.717, 1.165) is 25.1 Å². The molecular formula is C31H24ClO3S2+. The van der Waals surface area contributed by atoms with E-state index in [2.05, 4.69) is 24.3 Å². The van der Waals surface area contributed by atoms with Crippen LogP contribution >= 0.6 is 35.1 Å². The average molecular weight is 544 g/mol. The highest BCUT2D eigenvalue weighted by Crippen LogP contribution is 2.36. The summed E-state index contributed by atoms with van der Waals surface area (Å²) in [5.74, 6) is 0.802. The highest BCUT2D eigenvalue weighted by atomic mass is 35.5. The van der Waals surface area contributed by atoms with E-state index in [0.29, 0.717) is 16.3 Å². The topological polar surface area (TPSA) is 61.9 Å². The molecule has 0 amide bonds. The number of phenols is 2. The Kier molecular flexibility index (Phi) is 9.33. The second kappa shape index (κ2) is 13.1. The average Bonchev–Trinajstić information content (AvgIpc) is 2.93. The molecule has 0 aliphatic carbocycles. The fourth-order valence-electron chi connectivity index (χ4n) is 3.27.